The summed E-state index contributed by atoms with van der Waals surface area (Å²) < 4.78 is 28.9. The van der Waals surface area contributed by atoms with E-state index in [0.717, 1.165) is 26.8 Å². The first-order chi connectivity index (χ1) is 19.2. The van der Waals surface area contributed by atoms with Crippen LogP contribution in [0.1, 0.15) is 42.7 Å². The Hall–Kier alpha value is -3.57. The lowest BCUT2D eigenvalue weighted by Crippen LogP contribution is -2.39. The molecule has 0 saturated heterocycles. The van der Waals surface area contributed by atoms with E-state index in [0.29, 0.717) is 47.3 Å². The van der Waals surface area contributed by atoms with Gasteiger partial charge >= 0.3 is 0 Å². The molecule has 1 fully saturated rings. The molecule has 2 N–H and O–H groups in total. The minimum Gasteiger partial charge on any atom is -0.359 e. The van der Waals surface area contributed by atoms with Crippen LogP contribution < -0.4 is 10.6 Å². The van der Waals surface area contributed by atoms with Gasteiger partial charge in [-0.15, -0.1) is 10.2 Å². The number of aromatic nitrogens is 6. The SMILES string of the molecule is CNC(=O)[C@]1(CC(F)F)CC[C@@H](Nc2ncc3c(Br)nn(-c4ccc(-c5nnc(C)s5)c(CCC#N)c4)c3n2)C1. The third-order valence-corrected chi connectivity index (χ3v) is 8.63. The first-order valence-corrected chi connectivity index (χ1v) is 14.3. The van der Waals surface area contributed by atoms with Crippen molar-refractivity contribution in [3.63, 3.8) is 0 Å². The Bertz CT molecular complexity index is 1600. The Morgan fingerprint density at radius 3 is 2.90 bits per heavy atom. The van der Waals surface area contributed by atoms with Crippen molar-refractivity contribution in [2.75, 3.05) is 12.4 Å². The van der Waals surface area contributed by atoms with Crippen LogP contribution in [0.25, 0.3) is 27.3 Å². The summed E-state index contributed by atoms with van der Waals surface area (Å²) in [6.45, 7) is 1.89. The number of benzene rings is 1. The molecule has 1 aromatic carbocycles. The lowest BCUT2D eigenvalue weighted by atomic mass is 9.81. The molecule has 0 unspecified atom stereocenters. The van der Waals surface area contributed by atoms with Crippen LogP contribution in [-0.2, 0) is 11.2 Å². The second-order valence-electron chi connectivity index (χ2n) is 9.80. The lowest BCUT2D eigenvalue weighted by molar-refractivity contribution is -0.132. The van der Waals surface area contributed by atoms with Gasteiger partial charge in [0.05, 0.1) is 22.6 Å². The normalized spacial score (nSPS) is 18.8. The summed E-state index contributed by atoms with van der Waals surface area (Å²) in [4.78, 5) is 21.6. The molecule has 1 aliphatic carbocycles. The number of aryl methyl sites for hydroxylation is 2. The van der Waals surface area contributed by atoms with E-state index in [1.165, 1.54) is 18.4 Å². The third kappa shape index (κ3) is 5.53. The van der Waals surface area contributed by atoms with E-state index in [9.17, 15) is 18.8 Å². The topological polar surface area (TPSA) is 134 Å². The molecule has 208 valence electrons. The van der Waals surface area contributed by atoms with Crippen LogP contribution in [0.15, 0.2) is 29.0 Å². The number of hydrogen-bond acceptors (Lipinski definition) is 9. The van der Waals surface area contributed by atoms with Gasteiger partial charge in [-0.05, 0) is 72.3 Å². The molecule has 40 heavy (non-hydrogen) atoms. The molecule has 0 spiro atoms. The summed E-state index contributed by atoms with van der Waals surface area (Å²) in [6.07, 6.45) is 0.628. The number of nitrogens with zero attached hydrogens (tertiary/aromatic N) is 7. The second kappa shape index (κ2) is 11.5. The van der Waals surface area contributed by atoms with Gasteiger partial charge < -0.3 is 10.6 Å². The number of nitrogens with one attached hydrogen (secondary N) is 2. The zero-order chi connectivity index (χ0) is 28.4. The molecule has 3 heterocycles. The van der Waals surface area contributed by atoms with E-state index in [2.05, 4.69) is 52.9 Å². The van der Waals surface area contributed by atoms with Gasteiger partial charge in [0.15, 0.2) is 5.65 Å². The number of fused-ring (bicyclic) bond motifs is 1. The minimum atomic E-state index is -2.57. The number of hydrogen-bond donors (Lipinski definition) is 2. The number of nitriles is 1. The number of carbonyl (C=O) groups is 1. The summed E-state index contributed by atoms with van der Waals surface area (Å²) in [5, 5.41) is 30.4. The van der Waals surface area contributed by atoms with Crippen LogP contribution >= 0.6 is 27.3 Å². The second-order valence-corrected chi connectivity index (χ2v) is 11.7. The maximum Gasteiger partial charge on any atom is 0.239 e. The summed E-state index contributed by atoms with van der Waals surface area (Å²) in [5.41, 5.74) is 2.02. The largest absolute Gasteiger partial charge is 0.359 e. The number of alkyl halides is 2. The lowest BCUT2D eigenvalue weighted by Gasteiger charge is -2.27. The number of rotatable bonds is 9. The van der Waals surface area contributed by atoms with Gasteiger partial charge in [0.2, 0.25) is 18.3 Å². The van der Waals surface area contributed by atoms with E-state index in [4.69, 9.17) is 4.98 Å². The smallest absolute Gasteiger partial charge is 0.239 e. The van der Waals surface area contributed by atoms with E-state index < -0.39 is 18.3 Å². The number of anilines is 1. The van der Waals surface area contributed by atoms with Gasteiger partial charge in [0.1, 0.15) is 14.6 Å². The zero-order valence-electron chi connectivity index (χ0n) is 21.8. The predicted octanol–water partition coefficient (Wildman–Crippen LogP) is 5.21. The van der Waals surface area contributed by atoms with Crippen molar-refractivity contribution in [1.29, 1.82) is 5.26 Å². The Balaban J connectivity index is 1.46. The fourth-order valence-electron chi connectivity index (χ4n) is 5.32. The molecule has 1 aliphatic rings. The minimum absolute atomic E-state index is 0.236. The molecular weight excluding hydrogens is 604 g/mol. The van der Waals surface area contributed by atoms with Crippen molar-refractivity contribution in [2.24, 2.45) is 5.41 Å². The molecule has 0 bridgehead atoms. The van der Waals surface area contributed by atoms with Crippen LogP contribution in [0, 0.1) is 23.7 Å². The fraction of sp³-hybridized carbons (Fsp3) is 0.423. The van der Waals surface area contributed by atoms with Gasteiger partial charge in [0.25, 0.3) is 0 Å². The maximum absolute atomic E-state index is 13.3. The molecule has 10 nitrogen and oxygen atoms in total. The first kappa shape index (κ1) is 28.0. The summed E-state index contributed by atoms with van der Waals surface area (Å²) in [5.74, 6) is -0.0450. The Morgan fingerprint density at radius 2 is 2.20 bits per heavy atom. The quantitative estimate of drug-likeness (QED) is 0.257. The molecule has 0 radical (unpaired) electrons. The van der Waals surface area contributed by atoms with E-state index >= 15 is 0 Å². The molecule has 1 amide bonds. The highest BCUT2D eigenvalue weighted by atomic mass is 79.9. The summed E-state index contributed by atoms with van der Waals surface area (Å²) >= 11 is 4.99. The van der Waals surface area contributed by atoms with E-state index in [-0.39, 0.29) is 18.4 Å². The Kier molecular flexibility index (Phi) is 8.04. The molecule has 0 aliphatic heterocycles. The van der Waals surface area contributed by atoms with E-state index in [1.54, 1.807) is 10.9 Å². The molecule has 1 saturated carbocycles. The number of halogens is 3. The highest BCUT2D eigenvalue weighted by molar-refractivity contribution is 9.10. The van der Waals surface area contributed by atoms with Crippen molar-refractivity contribution in [2.45, 2.75) is 57.9 Å². The van der Waals surface area contributed by atoms with Crippen LogP contribution in [0.3, 0.4) is 0 Å². The average Bonchev–Trinajstić information content (AvgIpc) is 3.64. The number of amides is 1. The highest BCUT2D eigenvalue weighted by Gasteiger charge is 2.46. The maximum atomic E-state index is 13.3. The summed E-state index contributed by atoms with van der Waals surface area (Å²) in [7, 11) is 1.47. The third-order valence-electron chi connectivity index (χ3n) is 7.17. The molecular formula is C26H26BrF2N9OS. The van der Waals surface area contributed by atoms with Crippen molar-refractivity contribution >= 4 is 50.2 Å². The van der Waals surface area contributed by atoms with Crippen molar-refractivity contribution < 1.29 is 13.6 Å². The standard InChI is InChI=1S/C26H26BrF2N9OS/c1-14-35-36-23(40-14)18-6-5-17(10-15(18)4-3-9-30)38-22-19(21(27)37-38)13-32-25(34-22)33-16-7-8-26(11-16,12-20(28)29)24(39)31-2/h5-6,10,13,16,20H,3-4,7-8,11-12H2,1-2H3,(H,31,39)(H,32,33,34)/t16-,26-/m1/s1. The first-order valence-electron chi connectivity index (χ1n) is 12.7. The van der Waals surface area contributed by atoms with E-state index in [1.807, 2.05) is 25.1 Å². The van der Waals surface area contributed by atoms with Gasteiger partial charge in [-0.25, -0.2) is 18.4 Å². The van der Waals surface area contributed by atoms with Crippen LogP contribution in [0.5, 0.6) is 0 Å². The number of carbonyl (C=O) groups excluding carboxylic acids is 1. The molecule has 5 rings (SSSR count). The molecule has 14 heteroatoms. The predicted molar refractivity (Wildman–Crippen MR) is 150 cm³/mol. The van der Waals surface area contributed by atoms with Crippen LogP contribution in [0.4, 0.5) is 14.7 Å². The fourth-order valence-corrected chi connectivity index (χ4v) is 6.51. The Labute approximate surface area is 241 Å². The molecule has 4 aromatic rings. The zero-order valence-corrected chi connectivity index (χ0v) is 24.2. The van der Waals surface area contributed by atoms with Crippen LogP contribution in [0.2, 0.25) is 0 Å². The average molecular weight is 631 g/mol. The van der Waals surface area contributed by atoms with Gasteiger partial charge in [0, 0.05) is 37.7 Å². The van der Waals surface area contributed by atoms with Crippen molar-refractivity contribution in [3.8, 4) is 22.3 Å². The van der Waals surface area contributed by atoms with Gasteiger partial charge in [-0.3, -0.25) is 4.79 Å². The summed E-state index contributed by atoms with van der Waals surface area (Å²) in [6, 6.07) is 7.80. The van der Waals surface area contributed by atoms with Gasteiger partial charge in [-0.2, -0.15) is 15.3 Å². The monoisotopic (exact) mass is 629 g/mol. The van der Waals surface area contributed by atoms with Crippen molar-refractivity contribution in [3.05, 3.63) is 39.6 Å². The molecule has 2 atom stereocenters. The highest BCUT2D eigenvalue weighted by Crippen LogP contribution is 2.44. The molecule has 3 aromatic heterocycles. The van der Waals surface area contributed by atoms with Crippen molar-refractivity contribution in [1.82, 2.24) is 35.3 Å². The van der Waals surface area contributed by atoms with Gasteiger partial charge in [-0.1, -0.05) is 11.3 Å². The Morgan fingerprint density at radius 1 is 1.38 bits per heavy atom. The van der Waals surface area contributed by atoms with Crippen LogP contribution in [-0.4, -0.2) is 55.4 Å².